The smallest absolute Gasteiger partial charge is 0.0639 e. The molecule has 0 rings (SSSR count). The van der Waals surface area contributed by atoms with Crippen molar-refractivity contribution in [1.82, 2.24) is 0 Å². The van der Waals surface area contributed by atoms with Gasteiger partial charge < -0.3 is 0 Å². The molecule has 0 aromatic heterocycles. The standard InChI is InChI=1S/C8H13/c1-5-6-8(4)7(2)3/h2-6H2,1H3/q+1. The van der Waals surface area contributed by atoms with Crippen molar-refractivity contribution >= 4 is 0 Å². The molecule has 0 aliphatic heterocycles. The van der Waals surface area contributed by atoms with Gasteiger partial charge in [0.05, 0.1) is 5.57 Å². The van der Waals surface area contributed by atoms with Gasteiger partial charge in [-0.25, -0.2) is 0 Å². The molecule has 0 nitrogen and oxygen atoms in total. The molecule has 44 valence electrons. The monoisotopic (exact) mass is 109 g/mol. The fourth-order valence-electron chi connectivity index (χ4n) is 0.479. The molecule has 0 aromatic carbocycles. The molecular weight excluding hydrogens is 96.1 g/mol. The van der Waals surface area contributed by atoms with Gasteiger partial charge in [-0.15, -0.1) is 0 Å². The van der Waals surface area contributed by atoms with E-state index in [9.17, 15) is 0 Å². The third-order valence-corrected chi connectivity index (χ3v) is 1.05. The number of allylic oxidation sites excluding steroid dienone is 2. The zero-order chi connectivity index (χ0) is 6.57. The number of rotatable bonds is 3. The molecule has 0 aliphatic rings. The van der Waals surface area contributed by atoms with Crippen molar-refractivity contribution in [2.45, 2.75) is 19.8 Å². The second kappa shape index (κ2) is 3.36. The van der Waals surface area contributed by atoms with Crippen LogP contribution < -0.4 is 0 Å². The fraction of sp³-hybridized carbons (Fsp3) is 0.375. The van der Waals surface area contributed by atoms with E-state index >= 15 is 0 Å². The predicted octanol–water partition coefficient (Wildman–Crippen LogP) is 2.73. The van der Waals surface area contributed by atoms with Crippen molar-refractivity contribution in [2.24, 2.45) is 0 Å². The van der Waals surface area contributed by atoms with Gasteiger partial charge in [0.15, 0.2) is 0 Å². The van der Waals surface area contributed by atoms with Crippen LogP contribution in [0.5, 0.6) is 0 Å². The van der Waals surface area contributed by atoms with Crippen LogP contribution in [-0.2, 0) is 0 Å². The summed E-state index contributed by atoms with van der Waals surface area (Å²) < 4.78 is 0. The van der Waals surface area contributed by atoms with Crippen molar-refractivity contribution < 1.29 is 0 Å². The van der Waals surface area contributed by atoms with Crippen LogP contribution in [0.2, 0.25) is 0 Å². The van der Waals surface area contributed by atoms with Crippen LogP contribution in [0.4, 0.5) is 0 Å². The minimum atomic E-state index is 0.867. The zero-order valence-corrected chi connectivity index (χ0v) is 5.54. The largest absolute Gasteiger partial charge is 0.121 e. The van der Waals surface area contributed by atoms with Gasteiger partial charge in [-0.2, -0.15) is 0 Å². The number of hydrogen-bond donors (Lipinski definition) is 0. The fourth-order valence-corrected chi connectivity index (χ4v) is 0.479. The molecule has 0 amide bonds. The molecule has 0 atom stereocenters. The lowest BCUT2D eigenvalue weighted by Gasteiger charge is -1.90. The third kappa shape index (κ3) is 2.51. The molecule has 8 heavy (non-hydrogen) atoms. The molecule has 0 radical (unpaired) electrons. The Balaban J connectivity index is 3.49. The average molecular weight is 109 g/mol. The summed E-state index contributed by atoms with van der Waals surface area (Å²) in [5.41, 5.74) is 1.94. The van der Waals surface area contributed by atoms with Gasteiger partial charge in [-0.1, -0.05) is 6.92 Å². The summed E-state index contributed by atoms with van der Waals surface area (Å²) in [7, 11) is 0. The molecule has 0 spiro atoms. The first-order valence-electron chi connectivity index (χ1n) is 2.87. The maximum absolute atomic E-state index is 3.78. The quantitative estimate of drug-likeness (QED) is 0.386. The minimum absolute atomic E-state index is 0.867. The van der Waals surface area contributed by atoms with Gasteiger partial charge in [0.2, 0.25) is 0 Å². The first-order valence-corrected chi connectivity index (χ1v) is 2.87. The summed E-state index contributed by atoms with van der Waals surface area (Å²) in [5.74, 6) is 0. The Morgan fingerprint density at radius 1 is 1.50 bits per heavy atom. The third-order valence-electron chi connectivity index (χ3n) is 1.05. The topological polar surface area (TPSA) is 0 Å². The molecule has 0 saturated carbocycles. The van der Waals surface area contributed by atoms with Crippen LogP contribution >= 0.6 is 0 Å². The van der Waals surface area contributed by atoms with Crippen LogP contribution in [0.25, 0.3) is 0 Å². The Bertz CT molecular complexity index is 98.6. The number of hydrogen-bond acceptors (Lipinski definition) is 0. The minimum Gasteiger partial charge on any atom is -0.0639 e. The lowest BCUT2D eigenvalue weighted by atomic mass is 10.1. The van der Waals surface area contributed by atoms with Crippen LogP contribution in [-0.4, -0.2) is 0 Å². The van der Waals surface area contributed by atoms with Crippen molar-refractivity contribution in [3.63, 3.8) is 0 Å². The van der Waals surface area contributed by atoms with Gasteiger partial charge in [0, 0.05) is 19.9 Å². The van der Waals surface area contributed by atoms with Crippen LogP contribution in [0.15, 0.2) is 24.3 Å². The Morgan fingerprint density at radius 2 is 2.00 bits per heavy atom. The van der Waals surface area contributed by atoms with E-state index in [0.29, 0.717) is 0 Å². The normalized spacial score (nSPS) is 8.62. The maximum Gasteiger partial charge on any atom is 0.121 e. The average Bonchev–Trinajstić information content (AvgIpc) is 1.67. The molecular formula is C8H13+. The van der Waals surface area contributed by atoms with Gasteiger partial charge in [0.25, 0.3) is 0 Å². The molecule has 0 N–H and O–H groups in total. The molecule has 0 saturated heterocycles. The highest BCUT2D eigenvalue weighted by atomic mass is 13.9. The summed E-state index contributed by atoms with van der Waals surface area (Å²) in [4.78, 5) is 0. The van der Waals surface area contributed by atoms with E-state index in [2.05, 4.69) is 27.0 Å². The van der Waals surface area contributed by atoms with Gasteiger partial charge in [-0.3, -0.25) is 0 Å². The maximum atomic E-state index is 3.78. The van der Waals surface area contributed by atoms with Crippen molar-refractivity contribution in [1.29, 1.82) is 0 Å². The molecule has 0 aromatic rings. The molecule has 0 unspecified atom stereocenters. The summed E-state index contributed by atoms with van der Waals surface area (Å²) in [5, 5.41) is 0. The molecule has 0 heterocycles. The highest BCUT2D eigenvalue weighted by Crippen LogP contribution is 2.09. The van der Waals surface area contributed by atoms with Crippen LogP contribution in [0.1, 0.15) is 19.8 Å². The van der Waals surface area contributed by atoms with E-state index in [1.807, 2.05) is 0 Å². The molecule has 0 bridgehead atoms. The lowest BCUT2D eigenvalue weighted by Crippen LogP contribution is -1.79. The first kappa shape index (κ1) is 7.35. The molecule has 0 fully saturated rings. The van der Waals surface area contributed by atoms with E-state index in [1.54, 1.807) is 0 Å². The second-order valence-corrected chi connectivity index (χ2v) is 1.96. The summed E-state index contributed by atoms with van der Waals surface area (Å²) in [6.45, 7) is 13.2. The summed E-state index contributed by atoms with van der Waals surface area (Å²) in [6, 6.07) is 0. The van der Waals surface area contributed by atoms with Crippen molar-refractivity contribution in [3.8, 4) is 0 Å². The van der Waals surface area contributed by atoms with Crippen molar-refractivity contribution in [2.75, 3.05) is 0 Å². The lowest BCUT2D eigenvalue weighted by molar-refractivity contribution is 0.922. The highest BCUT2D eigenvalue weighted by Gasteiger charge is 1.98. The SMILES string of the molecule is C=C([CH2+])C(=C)CCC. The van der Waals surface area contributed by atoms with E-state index < -0.39 is 0 Å². The van der Waals surface area contributed by atoms with Gasteiger partial charge in [-0.05, 0) is 13.0 Å². The van der Waals surface area contributed by atoms with E-state index in [-0.39, 0.29) is 0 Å². The molecule has 0 aliphatic carbocycles. The molecule has 0 heteroatoms. The zero-order valence-electron chi connectivity index (χ0n) is 5.54. The predicted molar refractivity (Wildman–Crippen MR) is 38.5 cm³/mol. The van der Waals surface area contributed by atoms with Crippen LogP contribution in [0.3, 0.4) is 0 Å². The Hall–Kier alpha value is -0.650. The van der Waals surface area contributed by atoms with E-state index in [4.69, 9.17) is 0 Å². The van der Waals surface area contributed by atoms with Crippen LogP contribution in [0, 0.1) is 6.92 Å². The summed E-state index contributed by atoms with van der Waals surface area (Å²) >= 11 is 0. The van der Waals surface area contributed by atoms with E-state index in [0.717, 1.165) is 24.0 Å². The van der Waals surface area contributed by atoms with E-state index in [1.165, 1.54) is 0 Å². The second-order valence-electron chi connectivity index (χ2n) is 1.96. The Labute approximate surface area is 51.9 Å². The van der Waals surface area contributed by atoms with Gasteiger partial charge >= 0.3 is 0 Å². The highest BCUT2D eigenvalue weighted by molar-refractivity contribution is 5.26. The van der Waals surface area contributed by atoms with Gasteiger partial charge in [0.1, 0.15) is 5.57 Å². The first-order chi connectivity index (χ1) is 3.68. The Kier molecular flexibility index (Phi) is 3.09. The van der Waals surface area contributed by atoms with Crippen molar-refractivity contribution in [3.05, 3.63) is 31.2 Å². The summed E-state index contributed by atoms with van der Waals surface area (Å²) in [6.07, 6.45) is 2.16. The Morgan fingerprint density at radius 3 is 2.12 bits per heavy atom.